The lowest BCUT2D eigenvalue weighted by Gasteiger charge is -2.09. The zero-order valence-electron chi connectivity index (χ0n) is 8.14. The minimum atomic E-state index is -2.71. The summed E-state index contributed by atoms with van der Waals surface area (Å²) in [5.74, 6) is -0.722. The predicted octanol–water partition coefficient (Wildman–Crippen LogP) is 3.31. The highest BCUT2D eigenvalue weighted by Gasteiger charge is 2.20. The Kier molecular flexibility index (Phi) is 5.03. The summed E-state index contributed by atoms with van der Waals surface area (Å²) in [6.07, 6.45) is -2.71. The lowest BCUT2D eigenvalue weighted by molar-refractivity contribution is 0.0592. The molecule has 0 aliphatic heterocycles. The summed E-state index contributed by atoms with van der Waals surface area (Å²) in [6, 6.07) is 1.44. The van der Waals surface area contributed by atoms with Crippen LogP contribution in [0.25, 0.3) is 0 Å². The van der Waals surface area contributed by atoms with Crippen molar-refractivity contribution in [3.05, 3.63) is 26.6 Å². The van der Waals surface area contributed by atoms with E-state index in [9.17, 15) is 13.6 Å². The largest absolute Gasteiger partial charge is 0.464 e. The van der Waals surface area contributed by atoms with Crippen molar-refractivity contribution in [1.29, 1.82) is 0 Å². The van der Waals surface area contributed by atoms with Crippen molar-refractivity contribution in [3.63, 3.8) is 0 Å². The second-order valence-electron chi connectivity index (χ2n) is 2.79. The highest BCUT2D eigenvalue weighted by atomic mass is 127. The van der Waals surface area contributed by atoms with Crippen molar-refractivity contribution in [2.24, 2.45) is 0 Å². The zero-order chi connectivity index (χ0) is 12.3. The number of halogens is 4. The molecule has 1 aromatic rings. The maximum atomic E-state index is 12.7. The number of pyridine rings is 1. The van der Waals surface area contributed by atoms with Crippen LogP contribution in [0, 0.1) is 3.57 Å². The van der Waals surface area contributed by atoms with E-state index in [0.717, 1.165) is 0 Å². The van der Waals surface area contributed by atoms with Crippen molar-refractivity contribution in [1.82, 2.24) is 4.98 Å². The molecule has 7 heteroatoms. The van der Waals surface area contributed by atoms with Gasteiger partial charge in [-0.2, -0.15) is 0 Å². The van der Waals surface area contributed by atoms with E-state index in [-0.39, 0.29) is 5.69 Å². The Morgan fingerprint density at radius 1 is 1.69 bits per heavy atom. The highest BCUT2D eigenvalue weighted by Crippen LogP contribution is 2.27. The van der Waals surface area contributed by atoms with E-state index < -0.39 is 18.1 Å². The number of hydrogen-bond donors (Lipinski definition) is 0. The Balaban J connectivity index is 3.34. The molecule has 3 nitrogen and oxygen atoms in total. The first kappa shape index (κ1) is 13.8. The van der Waals surface area contributed by atoms with E-state index in [0.29, 0.717) is 14.5 Å². The first-order valence-corrected chi connectivity index (χ1v) is 6.33. The molecule has 16 heavy (non-hydrogen) atoms. The van der Waals surface area contributed by atoms with Crippen LogP contribution in [-0.4, -0.2) is 18.1 Å². The predicted molar refractivity (Wildman–Crippen MR) is 65.9 cm³/mol. The SMILES string of the molecule is COC(=O)c1cc(CBr)c(I)c(C(F)F)n1. The average molecular weight is 406 g/mol. The number of hydrogen-bond acceptors (Lipinski definition) is 3. The van der Waals surface area contributed by atoms with Gasteiger partial charge in [-0.25, -0.2) is 18.6 Å². The Labute approximate surface area is 113 Å². The smallest absolute Gasteiger partial charge is 0.356 e. The molecule has 0 unspecified atom stereocenters. The Hall–Kier alpha value is -0.310. The van der Waals surface area contributed by atoms with E-state index in [1.165, 1.54) is 13.2 Å². The van der Waals surface area contributed by atoms with Gasteiger partial charge in [-0.1, -0.05) is 15.9 Å². The van der Waals surface area contributed by atoms with Gasteiger partial charge in [0.25, 0.3) is 6.43 Å². The quantitative estimate of drug-likeness (QED) is 0.440. The van der Waals surface area contributed by atoms with E-state index in [4.69, 9.17) is 0 Å². The summed E-state index contributed by atoms with van der Waals surface area (Å²) in [7, 11) is 1.18. The first-order chi connectivity index (χ1) is 7.51. The topological polar surface area (TPSA) is 39.2 Å². The summed E-state index contributed by atoms with van der Waals surface area (Å²) in [5.41, 5.74) is 0.0944. The number of aromatic nitrogens is 1. The van der Waals surface area contributed by atoms with Crippen LogP contribution in [0.15, 0.2) is 6.07 Å². The summed E-state index contributed by atoms with van der Waals surface area (Å²) in [6.45, 7) is 0. The summed E-state index contributed by atoms with van der Waals surface area (Å²) < 4.78 is 30.1. The molecule has 0 aliphatic rings. The average Bonchev–Trinajstić information content (AvgIpc) is 2.27. The fraction of sp³-hybridized carbons (Fsp3) is 0.333. The number of carbonyl (C=O) groups excluding carboxylic acids is 1. The number of esters is 1. The van der Waals surface area contributed by atoms with Gasteiger partial charge < -0.3 is 4.74 Å². The molecule has 0 aromatic carbocycles. The number of carbonyl (C=O) groups is 1. The lowest BCUT2D eigenvalue weighted by Crippen LogP contribution is -2.09. The van der Waals surface area contributed by atoms with Gasteiger partial charge in [0, 0.05) is 8.90 Å². The highest BCUT2D eigenvalue weighted by molar-refractivity contribution is 14.1. The standard InChI is InChI=1S/C9H7BrF2INO2/c1-16-9(15)5-2-4(3-10)6(13)7(14-5)8(11)12/h2,8H,3H2,1H3. The summed E-state index contributed by atoms with van der Waals surface area (Å²) in [5, 5.41) is 0.373. The molecule has 0 N–H and O–H groups in total. The molecule has 0 bridgehead atoms. The summed E-state index contributed by atoms with van der Waals surface area (Å²) >= 11 is 4.95. The van der Waals surface area contributed by atoms with Crippen LogP contribution < -0.4 is 0 Å². The molecule has 0 amide bonds. The number of methoxy groups -OCH3 is 1. The van der Waals surface area contributed by atoms with Crippen molar-refractivity contribution in [2.75, 3.05) is 7.11 Å². The maximum Gasteiger partial charge on any atom is 0.356 e. The number of nitrogens with zero attached hydrogens (tertiary/aromatic N) is 1. The molecule has 88 valence electrons. The fourth-order valence-corrected chi connectivity index (χ4v) is 2.72. The van der Waals surface area contributed by atoms with E-state index >= 15 is 0 Å². The number of rotatable bonds is 3. The number of ether oxygens (including phenoxy) is 1. The van der Waals surface area contributed by atoms with Crippen LogP contribution in [0.4, 0.5) is 8.78 Å². The molecule has 0 atom stereocenters. The van der Waals surface area contributed by atoms with E-state index in [1.54, 1.807) is 22.6 Å². The van der Waals surface area contributed by atoms with Crippen molar-refractivity contribution in [3.8, 4) is 0 Å². The van der Waals surface area contributed by atoms with E-state index in [1.807, 2.05) is 0 Å². The zero-order valence-corrected chi connectivity index (χ0v) is 11.9. The second kappa shape index (κ2) is 5.85. The number of alkyl halides is 3. The molecule has 0 saturated heterocycles. The van der Waals surface area contributed by atoms with Gasteiger partial charge in [-0.05, 0) is 34.2 Å². The van der Waals surface area contributed by atoms with Crippen LogP contribution >= 0.6 is 38.5 Å². The molecule has 1 heterocycles. The van der Waals surface area contributed by atoms with Gasteiger partial charge in [0.1, 0.15) is 11.4 Å². The molecule has 0 saturated carbocycles. The lowest BCUT2D eigenvalue weighted by atomic mass is 10.2. The van der Waals surface area contributed by atoms with Crippen LogP contribution in [0.3, 0.4) is 0 Å². The monoisotopic (exact) mass is 405 g/mol. The fourth-order valence-electron chi connectivity index (χ4n) is 1.05. The van der Waals surface area contributed by atoms with Crippen molar-refractivity contribution < 1.29 is 18.3 Å². The van der Waals surface area contributed by atoms with Gasteiger partial charge in [-0.3, -0.25) is 0 Å². The molecule has 0 radical (unpaired) electrons. The third-order valence-corrected chi connectivity index (χ3v) is 3.65. The van der Waals surface area contributed by atoms with Gasteiger partial charge in [0.15, 0.2) is 0 Å². The normalized spacial score (nSPS) is 10.6. The van der Waals surface area contributed by atoms with Crippen molar-refractivity contribution >= 4 is 44.5 Å². The summed E-state index contributed by atoms with van der Waals surface area (Å²) in [4.78, 5) is 14.8. The molecule has 1 rings (SSSR count). The molecule has 1 aromatic heterocycles. The molecular formula is C9H7BrF2INO2. The third-order valence-electron chi connectivity index (χ3n) is 1.80. The second-order valence-corrected chi connectivity index (χ2v) is 4.43. The van der Waals surface area contributed by atoms with Crippen molar-refractivity contribution in [2.45, 2.75) is 11.8 Å². The molecule has 0 fully saturated rings. The Morgan fingerprint density at radius 2 is 2.31 bits per heavy atom. The van der Waals surface area contributed by atoms with Crippen LogP contribution in [-0.2, 0) is 10.1 Å². The van der Waals surface area contributed by atoms with Gasteiger partial charge in [-0.15, -0.1) is 0 Å². The minimum absolute atomic E-state index is 0.104. The Bertz CT molecular complexity index is 415. The van der Waals surface area contributed by atoms with Gasteiger partial charge in [0.2, 0.25) is 0 Å². The van der Waals surface area contributed by atoms with Gasteiger partial charge in [0.05, 0.1) is 7.11 Å². The van der Waals surface area contributed by atoms with Gasteiger partial charge >= 0.3 is 5.97 Å². The van der Waals surface area contributed by atoms with Crippen LogP contribution in [0.2, 0.25) is 0 Å². The van der Waals surface area contributed by atoms with Crippen LogP contribution in [0.5, 0.6) is 0 Å². The minimum Gasteiger partial charge on any atom is -0.464 e. The Morgan fingerprint density at radius 3 is 2.75 bits per heavy atom. The maximum absolute atomic E-state index is 12.7. The van der Waals surface area contributed by atoms with E-state index in [2.05, 4.69) is 25.7 Å². The molecule has 0 spiro atoms. The van der Waals surface area contributed by atoms with Crippen LogP contribution in [0.1, 0.15) is 28.2 Å². The molecule has 0 aliphatic carbocycles. The third kappa shape index (κ3) is 2.88. The first-order valence-electron chi connectivity index (χ1n) is 4.13. The molecular weight excluding hydrogens is 399 g/mol.